The normalized spacial score (nSPS) is 20.6. The minimum absolute atomic E-state index is 0.208. The molecule has 6 heteroatoms. The molecule has 0 aromatic carbocycles. The Morgan fingerprint density at radius 3 is 3.11 bits per heavy atom. The Kier molecular flexibility index (Phi) is 3.27. The zero-order valence-electron chi connectivity index (χ0n) is 10.0. The molecule has 2 aromatic heterocycles. The summed E-state index contributed by atoms with van der Waals surface area (Å²) in [4.78, 5) is 4.44. The molecule has 1 unspecified atom stereocenters. The second-order valence-corrected chi connectivity index (χ2v) is 4.44. The van der Waals surface area contributed by atoms with E-state index in [2.05, 4.69) is 25.7 Å². The largest absolute Gasteiger partial charge is 0.334 e. The second kappa shape index (κ2) is 5.22. The summed E-state index contributed by atoms with van der Waals surface area (Å²) in [7, 11) is 0. The zero-order valence-corrected chi connectivity index (χ0v) is 10.0. The van der Waals surface area contributed by atoms with E-state index in [4.69, 9.17) is 4.52 Å². The fourth-order valence-electron chi connectivity index (χ4n) is 2.16. The highest BCUT2D eigenvalue weighted by Crippen LogP contribution is 2.23. The van der Waals surface area contributed by atoms with Crippen molar-refractivity contribution in [3.63, 3.8) is 0 Å². The summed E-state index contributed by atoms with van der Waals surface area (Å²) in [6.45, 7) is 1.02. The van der Waals surface area contributed by atoms with Crippen LogP contribution in [0.2, 0.25) is 0 Å². The van der Waals surface area contributed by atoms with Gasteiger partial charge in [0.25, 0.3) is 5.89 Å². The van der Waals surface area contributed by atoms with E-state index in [0.29, 0.717) is 5.89 Å². The minimum Gasteiger partial charge on any atom is -0.334 e. The van der Waals surface area contributed by atoms with Crippen LogP contribution >= 0.6 is 0 Å². The van der Waals surface area contributed by atoms with E-state index in [-0.39, 0.29) is 6.04 Å². The Morgan fingerprint density at radius 1 is 1.22 bits per heavy atom. The average Bonchev–Trinajstić information content (AvgIpc) is 2.76. The van der Waals surface area contributed by atoms with Gasteiger partial charge in [0.1, 0.15) is 0 Å². The summed E-state index contributed by atoms with van der Waals surface area (Å²) < 4.78 is 5.28. The lowest BCUT2D eigenvalue weighted by Gasteiger charge is -2.09. The number of rotatable bonds is 2. The van der Waals surface area contributed by atoms with Crippen molar-refractivity contribution in [3.8, 4) is 11.5 Å². The van der Waals surface area contributed by atoms with Crippen LogP contribution in [-0.4, -0.2) is 26.9 Å². The predicted molar refractivity (Wildman–Crippen MR) is 64.5 cm³/mol. The third kappa shape index (κ3) is 2.38. The first-order chi connectivity index (χ1) is 8.93. The molecule has 3 heterocycles. The molecular formula is C12H15N5O. The van der Waals surface area contributed by atoms with Crippen molar-refractivity contribution in [1.29, 1.82) is 0 Å². The number of hydrogen-bond donors (Lipinski definition) is 1. The molecule has 1 aliphatic rings. The average molecular weight is 245 g/mol. The molecular weight excluding hydrogens is 230 g/mol. The molecule has 0 bridgehead atoms. The predicted octanol–water partition coefficient (Wildman–Crippen LogP) is 1.73. The van der Waals surface area contributed by atoms with Crippen LogP contribution in [0, 0.1) is 0 Å². The van der Waals surface area contributed by atoms with Gasteiger partial charge in [0, 0.05) is 0 Å². The van der Waals surface area contributed by atoms with Crippen LogP contribution in [0.5, 0.6) is 0 Å². The molecule has 0 amide bonds. The van der Waals surface area contributed by atoms with Gasteiger partial charge in [-0.3, -0.25) is 0 Å². The van der Waals surface area contributed by atoms with Crippen molar-refractivity contribution in [1.82, 2.24) is 25.7 Å². The molecule has 0 radical (unpaired) electrons. The van der Waals surface area contributed by atoms with Crippen LogP contribution in [0.25, 0.3) is 11.5 Å². The summed E-state index contributed by atoms with van der Waals surface area (Å²) in [5.41, 5.74) is 0.803. The Hall–Kier alpha value is -1.82. The number of nitrogens with one attached hydrogen (secondary N) is 1. The molecule has 3 rings (SSSR count). The standard InChI is InChI=1S/C12H15N5O/c1-2-4-10(13-6-3-1)11-16-12(18-17-11)9-5-7-14-15-8-9/h5,7-8,10,13H,1-4,6H2. The van der Waals surface area contributed by atoms with Gasteiger partial charge in [0.2, 0.25) is 0 Å². The van der Waals surface area contributed by atoms with Gasteiger partial charge in [-0.1, -0.05) is 18.0 Å². The maximum atomic E-state index is 5.28. The van der Waals surface area contributed by atoms with Gasteiger partial charge in [-0.25, -0.2) is 0 Å². The highest BCUT2D eigenvalue weighted by atomic mass is 16.5. The van der Waals surface area contributed by atoms with E-state index < -0.39 is 0 Å². The number of hydrogen-bond acceptors (Lipinski definition) is 6. The van der Waals surface area contributed by atoms with Gasteiger partial charge in [-0.2, -0.15) is 15.2 Å². The summed E-state index contributed by atoms with van der Waals surface area (Å²) in [5, 5.41) is 15.0. The number of nitrogens with zero attached hydrogens (tertiary/aromatic N) is 4. The first-order valence-corrected chi connectivity index (χ1v) is 6.27. The molecule has 0 spiro atoms. The van der Waals surface area contributed by atoms with E-state index >= 15 is 0 Å². The Bertz CT molecular complexity index is 490. The van der Waals surface area contributed by atoms with Crippen LogP contribution in [-0.2, 0) is 0 Å². The van der Waals surface area contributed by atoms with Gasteiger partial charge in [0.05, 0.1) is 24.0 Å². The topological polar surface area (TPSA) is 76.7 Å². The Labute approximate surface area is 105 Å². The summed E-state index contributed by atoms with van der Waals surface area (Å²) in [5.74, 6) is 1.25. The quantitative estimate of drug-likeness (QED) is 0.868. The highest BCUT2D eigenvalue weighted by Gasteiger charge is 2.19. The van der Waals surface area contributed by atoms with Crippen LogP contribution in [0.1, 0.15) is 37.5 Å². The molecule has 6 nitrogen and oxygen atoms in total. The van der Waals surface area contributed by atoms with Crippen LogP contribution in [0.3, 0.4) is 0 Å². The molecule has 2 aromatic rings. The van der Waals surface area contributed by atoms with Crippen molar-refractivity contribution in [2.45, 2.75) is 31.7 Å². The third-order valence-corrected chi connectivity index (χ3v) is 3.14. The summed E-state index contributed by atoms with van der Waals surface area (Å²) in [6, 6.07) is 2.02. The van der Waals surface area contributed by atoms with E-state index in [0.717, 1.165) is 24.4 Å². The van der Waals surface area contributed by atoms with Crippen molar-refractivity contribution in [2.75, 3.05) is 6.54 Å². The lowest BCUT2D eigenvalue weighted by molar-refractivity contribution is 0.402. The van der Waals surface area contributed by atoms with Crippen LogP contribution in [0.15, 0.2) is 23.0 Å². The van der Waals surface area contributed by atoms with Crippen molar-refractivity contribution in [2.24, 2.45) is 0 Å². The van der Waals surface area contributed by atoms with Crippen molar-refractivity contribution < 1.29 is 4.52 Å². The Balaban J connectivity index is 1.80. The smallest absolute Gasteiger partial charge is 0.259 e. The minimum atomic E-state index is 0.208. The lowest BCUT2D eigenvalue weighted by atomic mass is 10.1. The molecule has 1 atom stereocenters. The SMILES string of the molecule is c1cc(-c2nc(C3CCCCCN3)no2)cnn1. The first kappa shape index (κ1) is 11.3. The fraction of sp³-hybridized carbons (Fsp3) is 0.500. The summed E-state index contributed by atoms with van der Waals surface area (Å²) in [6.07, 6.45) is 7.99. The van der Waals surface area contributed by atoms with E-state index in [1.165, 1.54) is 19.3 Å². The van der Waals surface area contributed by atoms with Crippen LogP contribution in [0.4, 0.5) is 0 Å². The highest BCUT2D eigenvalue weighted by molar-refractivity contribution is 5.49. The third-order valence-electron chi connectivity index (χ3n) is 3.14. The van der Waals surface area contributed by atoms with Crippen LogP contribution < -0.4 is 5.32 Å². The maximum absolute atomic E-state index is 5.28. The van der Waals surface area contributed by atoms with Crippen molar-refractivity contribution >= 4 is 0 Å². The molecule has 0 saturated carbocycles. The van der Waals surface area contributed by atoms with E-state index in [1.807, 2.05) is 6.07 Å². The van der Waals surface area contributed by atoms with E-state index in [9.17, 15) is 0 Å². The fourth-order valence-corrected chi connectivity index (χ4v) is 2.16. The zero-order chi connectivity index (χ0) is 12.2. The molecule has 1 aliphatic heterocycles. The van der Waals surface area contributed by atoms with Gasteiger partial charge < -0.3 is 9.84 Å². The molecule has 1 fully saturated rings. The van der Waals surface area contributed by atoms with E-state index in [1.54, 1.807) is 12.4 Å². The van der Waals surface area contributed by atoms with Crippen molar-refractivity contribution in [3.05, 3.63) is 24.3 Å². The molecule has 1 saturated heterocycles. The molecule has 1 N–H and O–H groups in total. The first-order valence-electron chi connectivity index (χ1n) is 6.27. The monoisotopic (exact) mass is 245 g/mol. The lowest BCUT2D eigenvalue weighted by Crippen LogP contribution is -2.21. The molecule has 0 aliphatic carbocycles. The van der Waals surface area contributed by atoms with Gasteiger partial charge in [-0.15, -0.1) is 0 Å². The van der Waals surface area contributed by atoms with Gasteiger partial charge in [0.15, 0.2) is 5.82 Å². The summed E-state index contributed by atoms with van der Waals surface area (Å²) >= 11 is 0. The second-order valence-electron chi connectivity index (χ2n) is 4.44. The molecule has 18 heavy (non-hydrogen) atoms. The van der Waals surface area contributed by atoms with Gasteiger partial charge >= 0.3 is 0 Å². The molecule has 94 valence electrons. The Morgan fingerprint density at radius 2 is 2.22 bits per heavy atom. The van der Waals surface area contributed by atoms with Gasteiger partial charge in [-0.05, 0) is 25.5 Å². The maximum Gasteiger partial charge on any atom is 0.259 e. The number of aromatic nitrogens is 4.